The van der Waals surface area contributed by atoms with Crippen molar-refractivity contribution in [3.63, 3.8) is 0 Å². The maximum atomic E-state index is 4.36. The Bertz CT molecular complexity index is 303. The highest BCUT2D eigenvalue weighted by Gasteiger charge is 2.21. The number of thioether (sulfide) groups is 1. The van der Waals surface area contributed by atoms with E-state index in [4.69, 9.17) is 0 Å². The number of hydrogen-bond acceptors (Lipinski definition) is 3. The molecule has 1 aromatic rings. The molecule has 1 aromatic heterocycles. The van der Waals surface area contributed by atoms with Crippen LogP contribution in [0, 0.1) is 5.92 Å². The molecule has 2 atom stereocenters. The van der Waals surface area contributed by atoms with Gasteiger partial charge in [-0.3, -0.25) is 4.68 Å². The number of hydrogen-bond donors (Lipinski definition) is 1. The molecule has 2 heterocycles. The first-order chi connectivity index (χ1) is 7.31. The van der Waals surface area contributed by atoms with Crippen LogP contribution in [0.3, 0.4) is 0 Å². The second kappa shape index (κ2) is 5.03. The summed E-state index contributed by atoms with van der Waals surface area (Å²) in [6, 6.07) is 2.14. The van der Waals surface area contributed by atoms with Gasteiger partial charge >= 0.3 is 0 Å². The van der Waals surface area contributed by atoms with Gasteiger partial charge in [0.1, 0.15) is 0 Å². The van der Waals surface area contributed by atoms with Gasteiger partial charge in [-0.05, 0) is 30.7 Å². The van der Waals surface area contributed by atoms with Crippen molar-refractivity contribution >= 4 is 11.8 Å². The number of rotatable bonds is 3. The molecule has 84 valence electrons. The van der Waals surface area contributed by atoms with Crippen LogP contribution in [-0.2, 0) is 6.54 Å². The van der Waals surface area contributed by atoms with Gasteiger partial charge in [-0.15, -0.1) is 11.8 Å². The van der Waals surface area contributed by atoms with Crippen LogP contribution in [0.2, 0.25) is 0 Å². The summed E-state index contributed by atoms with van der Waals surface area (Å²) in [7, 11) is 0. The molecule has 0 spiro atoms. The second-order valence-electron chi connectivity index (χ2n) is 4.21. The smallest absolute Gasteiger partial charge is 0.0959 e. The largest absolute Gasteiger partial charge is 0.300 e. The Hall–Kier alpha value is -0.480. The first-order valence-corrected chi connectivity index (χ1v) is 6.73. The second-order valence-corrected chi connectivity index (χ2v) is 5.34. The molecule has 0 bridgehead atoms. The lowest BCUT2D eigenvalue weighted by molar-refractivity contribution is 0.494. The normalized spacial score (nSPS) is 26.8. The molecule has 0 aliphatic carbocycles. The minimum absolute atomic E-state index is 0.440. The predicted octanol–water partition coefficient (Wildman–Crippen LogP) is 2.26. The molecule has 0 aromatic carbocycles. The van der Waals surface area contributed by atoms with Gasteiger partial charge in [-0.25, -0.2) is 0 Å². The van der Waals surface area contributed by atoms with Crippen molar-refractivity contribution in [1.29, 1.82) is 0 Å². The molecule has 4 heteroatoms. The quantitative estimate of drug-likeness (QED) is 0.856. The predicted molar refractivity (Wildman–Crippen MR) is 64.9 cm³/mol. The average molecular weight is 225 g/mol. The average Bonchev–Trinajstić information content (AvgIpc) is 2.68. The van der Waals surface area contributed by atoms with Gasteiger partial charge in [0, 0.05) is 12.7 Å². The van der Waals surface area contributed by atoms with Gasteiger partial charge in [0.25, 0.3) is 0 Å². The molecule has 1 N–H and O–H groups in total. The summed E-state index contributed by atoms with van der Waals surface area (Å²) in [5.41, 5.74) is 1.33. The highest BCUT2D eigenvalue weighted by Crippen LogP contribution is 2.31. The van der Waals surface area contributed by atoms with Crippen LogP contribution >= 0.6 is 11.8 Å². The third-order valence-electron chi connectivity index (χ3n) is 2.65. The van der Waals surface area contributed by atoms with Gasteiger partial charge in [0.05, 0.1) is 11.1 Å². The van der Waals surface area contributed by atoms with Crippen molar-refractivity contribution in [1.82, 2.24) is 15.1 Å². The maximum absolute atomic E-state index is 4.36. The first kappa shape index (κ1) is 11.0. The number of nitrogens with zero attached hydrogens (tertiary/aromatic N) is 2. The molecule has 0 saturated carbocycles. The topological polar surface area (TPSA) is 29.9 Å². The summed E-state index contributed by atoms with van der Waals surface area (Å²) in [5, 5.41) is 8.38. The fourth-order valence-corrected chi connectivity index (χ4v) is 3.06. The fourth-order valence-electron chi connectivity index (χ4n) is 1.84. The fraction of sp³-hybridized carbons (Fsp3) is 0.727. The standard InChI is InChI=1S/C11H19N3S/c1-3-6-14-10(4-5-13-14)11-12-7-9(2)8-15-11/h4-5,9,11-12H,3,6-8H2,1-2H3. The third-order valence-corrected chi connectivity index (χ3v) is 4.16. The molecule has 1 aliphatic rings. The molecule has 3 nitrogen and oxygen atoms in total. The third kappa shape index (κ3) is 2.55. The van der Waals surface area contributed by atoms with Crippen LogP contribution in [0.1, 0.15) is 31.3 Å². The maximum Gasteiger partial charge on any atom is 0.0959 e. The van der Waals surface area contributed by atoms with Crippen LogP contribution in [-0.4, -0.2) is 22.1 Å². The first-order valence-electron chi connectivity index (χ1n) is 5.68. The number of aromatic nitrogens is 2. The lowest BCUT2D eigenvalue weighted by atomic mass is 10.2. The molecule has 1 saturated heterocycles. The zero-order valence-corrected chi connectivity index (χ0v) is 10.3. The molecule has 0 radical (unpaired) electrons. The Morgan fingerprint density at radius 3 is 3.20 bits per heavy atom. The van der Waals surface area contributed by atoms with E-state index in [0.717, 1.165) is 25.4 Å². The van der Waals surface area contributed by atoms with Crippen LogP contribution in [0.25, 0.3) is 0 Å². The van der Waals surface area contributed by atoms with E-state index in [1.54, 1.807) is 0 Å². The van der Waals surface area contributed by atoms with Crippen molar-refractivity contribution in [2.45, 2.75) is 32.2 Å². The van der Waals surface area contributed by atoms with Crippen molar-refractivity contribution < 1.29 is 0 Å². The van der Waals surface area contributed by atoms with Crippen LogP contribution in [0.15, 0.2) is 12.3 Å². The lowest BCUT2D eigenvalue weighted by Crippen LogP contribution is -2.32. The molecule has 2 unspecified atom stereocenters. The lowest BCUT2D eigenvalue weighted by Gasteiger charge is -2.27. The molecular formula is C11H19N3S. The van der Waals surface area contributed by atoms with Gasteiger partial charge in [0.15, 0.2) is 0 Å². The molecule has 1 aliphatic heterocycles. The Morgan fingerprint density at radius 1 is 1.67 bits per heavy atom. The summed E-state index contributed by atoms with van der Waals surface area (Å²) in [6.07, 6.45) is 3.05. The summed E-state index contributed by atoms with van der Waals surface area (Å²) in [4.78, 5) is 0. The van der Waals surface area contributed by atoms with Gasteiger partial charge in [-0.2, -0.15) is 5.10 Å². The van der Waals surface area contributed by atoms with E-state index < -0.39 is 0 Å². The van der Waals surface area contributed by atoms with Gasteiger partial charge < -0.3 is 5.32 Å². The minimum atomic E-state index is 0.440. The molecule has 0 amide bonds. The van der Waals surface area contributed by atoms with E-state index in [0.29, 0.717) is 5.37 Å². The summed E-state index contributed by atoms with van der Waals surface area (Å²) < 4.78 is 2.13. The summed E-state index contributed by atoms with van der Waals surface area (Å²) in [5.74, 6) is 2.03. The zero-order valence-electron chi connectivity index (χ0n) is 9.44. The van der Waals surface area contributed by atoms with Crippen molar-refractivity contribution in [2.24, 2.45) is 5.92 Å². The van der Waals surface area contributed by atoms with Crippen molar-refractivity contribution in [3.8, 4) is 0 Å². The minimum Gasteiger partial charge on any atom is -0.300 e. The Labute approximate surface area is 95.6 Å². The Morgan fingerprint density at radius 2 is 2.53 bits per heavy atom. The van der Waals surface area contributed by atoms with E-state index in [2.05, 4.69) is 35.0 Å². The number of nitrogens with one attached hydrogen (secondary N) is 1. The van der Waals surface area contributed by atoms with Crippen molar-refractivity contribution in [2.75, 3.05) is 12.3 Å². The van der Waals surface area contributed by atoms with E-state index in [1.165, 1.54) is 11.4 Å². The molecular weight excluding hydrogens is 206 g/mol. The molecule has 1 fully saturated rings. The number of aryl methyl sites for hydroxylation is 1. The van der Waals surface area contributed by atoms with Crippen LogP contribution < -0.4 is 5.32 Å². The van der Waals surface area contributed by atoms with E-state index in [1.807, 2.05) is 18.0 Å². The molecule has 15 heavy (non-hydrogen) atoms. The van der Waals surface area contributed by atoms with Crippen LogP contribution in [0.4, 0.5) is 0 Å². The van der Waals surface area contributed by atoms with Crippen molar-refractivity contribution in [3.05, 3.63) is 18.0 Å². The van der Waals surface area contributed by atoms with E-state index in [-0.39, 0.29) is 0 Å². The Balaban J connectivity index is 2.05. The summed E-state index contributed by atoms with van der Waals surface area (Å²) >= 11 is 2.00. The van der Waals surface area contributed by atoms with Gasteiger partial charge in [-0.1, -0.05) is 13.8 Å². The molecule has 2 rings (SSSR count). The SMILES string of the molecule is CCCn1nccc1C1NCC(C)CS1. The highest BCUT2D eigenvalue weighted by atomic mass is 32.2. The van der Waals surface area contributed by atoms with E-state index >= 15 is 0 Å². The monoisotopic (exact) mass is 225 g/mol. The van der Waals surface area contributed by atoms with Gasteiger partial charge in [0.2, 0.25) is 0 Å². The highest BCUT2D eigenvalue weighted by molar-refractivity contribution is 7.99. The zero-order chi connectivity index (χ0) is 10.7. The van der Waals surface area contributed by atoms with Crippen LogP contribution in [0.5, 0.6) is 0 Å². The summed E-state index contributed by atoms with van der Waals surface area (Å²) in [6.45, 7) is 6.63. The Kier molecular flexibility index (Phi) is 3.70. The van der Waals surface area contributed by atoms with E-state index in [9.17, 15) is 0 Å².